The van der Waals surface area contributed by atoms with Crippen molar-refractivity contribution in [3.8, 4) is 5.75 Å². The average molecular weight is 285 g/mol. The average Bonchev–Trinajstić information content (AvgIpc) is 2.47. The molecule has 0 aliphatic rings. The van der Waals surface area contributed by atoms with Crippen LogP contribution in [0.25, 0.3) is 0 Å². The van der Waals surface area contributed by atoms with E-state index in [4.69, 9.17) is 4.74 Å². The minimum absolute atomic E-state index is 0.320. The zero-order valence-electron chi connectivity index (χ0n) is 12.5. The molecule has 0 unspecified atom stereocenters. The molecule has 1 N–H and O–H groups in total. The van der Waals surface area contributed by atoms with Crippen LogP contribution in [-0.2, 0) is 6.54 Å². The number of hydrogen-bond donors (Lipinski definition) is 1. The number of aromatic carboxylic acids is 1. The summed E-state index contributed by atoms with van der Waals surface area (Å²) in [4.78, 5) is 13.3. The van der Waals surface area contributed by atoms with Crippen molar-refractivity contribution in [2.75, 3.05) is 19.1 Å². The summed E-state index contributed by atoms with van der Waals surface area (Å²) in [5, 5.41) is 9.34. The van der Waals surface area contributed by atoms with Gasteiger partial charge >= 0.3 is 5.97 Å². The molecule has 0 saturated carbocycles. The maximum Gasteiger partial charge on any atom is 0.337 e. The van der Waals surface area contributed by atoms with E-state index in [1.54, 1.807) is 13.2 Å². The van der Waals surface area contributed by atoms with Crippen LogP contribution in [0, 0.1) is 6.92 Å². The van der Waals surface area contributed by atoms with Crippen molar-refractivity contribution in [1.82, 2.24) is 0 Å². The Morgan fingerprint density at radius 3 is 2.67 bits per heavy atom. The molecule has 0 bridgehead atoms. The van der Waals surface area contributed by atoms with E-state index < -0.39 is 5.97 Å². The van der Waals surface area contributed by atoms with Gasteiger partial charge in [-0.15, -0.1) is 0 Å². The van der Waals surface area contributed by atoms with Crippen molar-refractivity contribution in [2.45, 2.75) is 13.5 Å². The first-order valence-electron chi connectivity index (χ1n) is 6.69. The predicted octanol–water partition coefficient (Wildman–Crippen LogP) is 3.34. The number of carboxylic acids is 1. The molecular weight excluding hydrogens is 266 g/mol. The molecule has 0 radical (unpaired) electrons. The molecule has 21 heavy (non-hydrogen) atoms. The van der Waals surface area contributed by atoms with Gasteiger partial charge in [-0.25, -0.2) is 4.79 Å². The molecule has 0 fully saturated rings. The second-order valence-corrected chi connectivity index (χ2v) is 5.03. The Morgan fingerprint density at radius 1 is 1.24 bits per heavy atom. The molecule has 2 rings (SSSR count). The second-order valence-electron chi connectivity index (χ2n) is 5.03. The van der Waals surface area contributed by atoms with Crippen molar-refractivity contribution in [3.63, 3.8) is 0 Å². The monoisotopic (exact) mass is 285 g/mol. The minimum Gasteiger partial charge on any atom is -0.497 e. The number of rotatable bonds is 5. The highest BCUT2D eigenvalue weighted by Gasteiger charge is 2.14. The Balaban J connectivity index is 2.27. The number of methoxy groups -OCH3 is 1. The van der Waals surface area contributed by atoms with Gasteiger partial charge < -0.3 is 14.7 Å². The van der Waals surface area contributed by atoms with Gasteiger partial charge in [0, 0.05) is 13.6 Å². The molecule has 2 aromatic carbocycles. The number of nitrogens with zero attached hydrogens (tertiary/aromatic N) is 1. The highest BCUT2D eigenvalue weighted by atomic mass is 16.5. The fourth-order valence-electron chi connectivity index (χ4n) is 2.28. The predicted molar refractivity (Wildman–Crippen MR) is 83.2 cm³/mol. The Bertz CT molecular complexity index is 652. The van der Waals surface area contributed by atoms with Gasteiger partial charge in [0.15, 0.2) is 0 Å². The Labute approximate surface area is 124 Å². The van der Waals surface area contributed by atoms with Gasteiger partial charge in [0.25, 0.3) is 0 Å². The van der Waals surface area contributed by atoms with E-state index in [2.05, 4.69) is 0 Å². The molecule has 0 saturated heterocycles. The van der Waals surface area contributed by atoms with Gasteiger partial charge in [-0.1, -0.05) is 23.8 Å². The van der Waals surface area contributed by atoms with Crippen molar-refractivity contribution >= 4 is 11.7 Å². The summed E-state index contributed by atoms with van der Waals surface area (Å²) in [7, 11) is 3.52. The number of ether oxygens (including phenoxy) is 1. The fraction of sp³-hybridized carbons (Fsp3) is 0.235. The quantitative estimate of drug-likeness (QED) is 0.915. The number of carboxylic acid groups (broad SMARTS) is 1. The fourth-order valence-corrected chi connectivity index (χ4v) is 2.28. The lowest BCUT2D eigenvalue weighted by atomic mass is 10.1. The first-order chi connectivity index (χ1) is 10.0. The molecule has 2 aromatic rings. The van der Waals surface area contributed by atoms with E-state index in [1.807, 2.05) is 55.3 Å². The molecule has 0 aliphatic carbocycles. The van der Waals surface area contributed by atoms with Gasteiger partial charge in [-0.05, 0) is 36.8 Å². The smallest absolute Gasteiger partial charge is 0.337 e. The van der Waals surface area contributed by atoms with E-state index in [0.29, 0.717) is 17.8 Å². The van der Waals surface area contributed by atoms with Crippen LogP contribution in [0.5, 0.6) is 5.75 Å². The lowest BCUT2D eigenvalue weighted by Gasteiger charge is -2.22. The van der Waals surface area contributed by atoms with E-state index in [0.717, 1.165) is 16.9 Å². The normalized spacial score (nSPS) is 10.2. The van der Waals surface area contributed by atoms with Gasteiger partial charge in [0.1, 0.15) is 5.75 Å². The zero-order valence-corrected chi connectivity index (χ0v) is 12.5. The highest BCUT2D eigenvalue weighted by Crippen LogP contribution is 2.23. The lowest BCUT2D eigenvalue weighted by Crippen LogP contribution is -2.19. The summed E-state index contributed by atoms with van der Waals surface area (Å²) in [6, 6.07) is 13.2. The van der Waals surface area contributed by atoms with E-state index >= 15 is 0 Å². The molecule has 0 amide bonds. The molecule has 4 nitrogen and oxygen atoms in total. The Morgan fingerprint density at radius 2 is 2.00 bits per heavy atom. The number of carbonyl (C=O) groups is 1. The van der Waals surface area contributed by atoms with Crippen molar-refractivity contribution in [2.24, 2.45) is 0 Å². The minimum atomic E-state index is -0.911. The molecule has 0 aromatic heterocycles. The largest absolute Gasteiger partial charge is 0.497 e. The van der Waals surface area contributed by atoms with Crippen LogP contribution in [0.2, 0.25) is 0 Å². The number of hydrogen-bond acceptors (Lipinski definition) is 3. The molecule has 0 aliphatic heterocycles. The molecule has 0 spiro atoms. The first-order valence-corrected chi connectivity index (χ1v) is 6.69. The molecule has 0 atom stereocenters. The summed E-state index contributed by atoms with van der Waals surface area (Å²) >= 11 is 0. The standard InChI is InChI=1S/C17H19NO3/c1-12-7-8-16(15(9-12)17(19)20)18(2)11-13-5-4-6-14(10-13)21-3/h4-10H,11H2,1-3H3,(H,19,20). The number of anilines is 1. The van der Waals surface area contributed by atoms with Crippen LogP contribution in [0.15, 0.2) is 42.5 Å². The van der Waals surface area contributed by atoms with Gasteiger partial charge in [0.05, 0.1) is 18.4 Å². The van der Waals surface area contributed by atoms with Crippen LogP contribution >= 0.6 is 0 Å². The third kappa shape index (κ3) is 3.54. The maximum atomic E-state index is 11.4. The molecule has 0 heterocycles. The van der Waals surface area contributed by atoms with Gasteiger partial charge in [-0.2, -0.15) is 0 Å². The summed E-state index contributed by atoms with van der Waals surface area (Å²) in [6.45, 7) is 2.50. The topological polar surface area (TPSA) is 49.8 Å². The van der Waals surface area contributed by atoms with Crippen molar-refractivity contribution in [1.29, 1.82) is 0 Å². The van der Waals surface area contributed by atoms with Crippen LogP contribution in [-0.4, -0.2) is 25.2 Å². The Kier molecular flexibility index (Phi) is 4.48. The highest BCUT2D eigenvalue weighted by molar-refractivity contribution is 5.94. The van der Waals surface area contributed by atoms with Crippen molar-refractivity contribution < 1.29 is 14.6 Å². The summed E-state index contributed by atoms with van der Waals surface area (Å²) in [5.41, 5.74) is 3.02. The van der Waals surface area contributed by atoms with Crippen LogP contribution in [0.1, 0.15) is 21.5 Å². The third-order valence-corrected chi connectivity index (χ3v) is 3.35. The van der Waals surface area contributed by atoms with E-state index in [1.165, 1.54) is 0 Å². The maximum absolute atomic E-state index is 11.4. The van der Waals surface area contributed by atoms with Gasteiger partial charge in [0.2, 0.25) is 0 Å². The molecule has 4 heteroatoms. The third-order valence-electron chi connectivity index (χ3n) is 3.35. The number of benzene rings is 2. The SMILES string of the molecule is COc1cccc(CN(C)c2ccc(C)cc2C(=O)O)c1. The summed E-state index contributed by atoms with van der Waals surface area (Å²) < 4.78 is 5.21. The number of aryl methyl sites for hydroxylation is 1. The summed E-state index contributed by atoms with van der Waals surface area (Å²) in [6.07, 6.45) is 0. The summed E-state index contributed by atoms with van der Waals surface area (Å²) in [5.74, 6) is -0.116. The van der Waals surface area contributed by atoms with Crippen LogP contribution in [0.4, 0.5) is 5.69 Å². The zero-order chi connectivity index (χ0) is 15.4. The lowest BCUT2D eigenvalue weighted by molar-refractivity contribution is 0.0697. The van der Waals surface area contributed by atoms with E-state index in [-0.39, 0.29) is 0 Å². The molecule has 110 valence electrons. The van der Waals surface area contributed by atoms with Crippen LogP contribution < -0.4 is 9.64 Å². The second kappa shape index (κ2) is 6.31. The van der Waals surface area contributed by atoms with Gasteiger partial charge in [-0.3, -0.25) is 0 Å². The molecular formula is C17H19NO3. The van der Waals surface area contributed by atoms with E-state index in [9.17, 15) is 9.90 Å². The van der Waals surface area contributed by atoms with Crippen molar-refractivity contribution in [3.05, 3.63) is 59.2 Å². The Hall–Kier alpha value is -2.49. The van der Waals surface area contributed by atoms with Crippen LogP contribution in [0.3, 0.4) is 0 Å². The first kappa shape index (κ1) is 14.9.